The van der Waals surface area contributed by atoms with Crippen LogP contribution in [0.1, 0.15) is 17.7 Å². The highest BCUT2D eigenvalue weighted by atomic mass is 16.6. The Hall–Kier alpha value is -3.41. The first kappa shape index (κ1) is 17.0. The van der Waals surface area contributed by atoms with Crippen LogP contribution in [0.15, 0.2) is 76.6 Å². The molecular weight excluding hydrogens is 342 g/mol. The van der Waals surface area contributed by atoms with Crippen LogP contribution in [0.3, 0.4) is 0 Å². The zero-order valence-electron chi connectivity index (χ0n) is 14.7. The van der Waals surface area contributed by atoms with Crippen molar-refractivity contribution in [1.82, 2.24) is 10.5 Å². The lowest BCUT2D eigenvalue weighted by molar-refractivity contribution is -0.121. The van der Waals surface area contributed by atoms with Crippen molar-refractivity contribution in [3.05, 3.63) is 78.2 Å². The Morgan fingerprint density at radius 1 is 1.00 bits per heavy atom. The van der Waals surface area contributed by atoms with Crippen LogP contribution in [0.5, 0.6) is 0 Å². The van der Waals surface area contributed by atoms with Gasteiger partial charge in [0, 0.05) is 12.5 Å². The van der Waals surface area contributed by atoms with Crippen molar-refractivity contribution < 1.29 is 14.2 Å². The number of hydrogen-bond acceptors (Lipinski definition) is 5. The molecule has 0 bridgehead atoms. The fraction of sp³-hybridized carbons (Fsp3) is 0.190. The van der Waals surface area contributed by atoms with Crippen molar-refractivity contribution in [3.63, 3.8) is 0 Å². The van der Waals surface area contributed by atoms with E-state index in [0.717, 1.165) is 16.8 Å². The van der Waals surface area contributed by atoms with E-state index >= 15 is 0 Å². The molecule has 6 nitrogen and oxygen atoms in total. The molecule has 2 aromatic carbocycles. The minimum atomic E-state index is -0.157. The molecule has 0 fully saturated rings. The molecule has 3 aromatic rings. The lowest BCUT2D eigenvalue weighted by atomic mass is 10.00. The highest BCUT2D eigenvalue weighted by Crippen LogP contribution is 2.22. The van der Waals surface area contributed by atoms with Gasteiger partial charge in [-0.2, -0.15) is 0 Å². The van der Waals surface area contributed by atoms with E-state index in [4.69, 9.17) is 9.36 Å². The fourth-order valence-electron chi connectivity index (χ4n) is 2.98. The monoisotopic (exact) mass is 361 g/mol. The molecule has 1 aromatic heterocycles. The number of benzene rings is 2. The fourth-order valence-corrected chi connectivity index (χ4v) is 2.98. The highest BCUT2D eigenvalue weighted by Gasteiger charge is 2.22. The SMILES string of the molecule is O=C(Cc1ccon1)NCC1CC(c2ccc(-c3ccccc3)cc2)=NO1. The normalized spacial score (nSPS) is 15.9. The van der Waals surface area contributed by atoms with Gasteiger partial charge in [0.05, 0.1) is 24.4 Å². The van der Waals surface area contributed by atoms with Gasteiger partial charge in [-0.15, -0.1) is 0 Å². The van der Waals surface area contributed by atoms with Gasteiger partial charge in [-0.25, -0.2) is 0 Å². The van der Waals surface area contributed by atoms with Gasteiger partial charge in [0.25, 0.3) is 0 Å². The maximum Gasteiger partial charge on any atom is 0.226 e. The highest BCUT2D eigenvalue weighted by molar-refractivity contribution is 6.01. The molecule has 136 valence electrons. The number of carbonyl (C=O) groups is 1. The third kappa shape index (κ3) is 4.23. The molecule has 6 heteroatoms. The number of oxime groups is 1. The van der Waals surface area contributed by atoms with Gasteiger partial charge >= 0.3 is 0 Å². The summed E-state index contributed by atoms with van der Waals surface area (Å²) in [6, 6.07) is 20.2. The van der Waals surface area contributed by atoms with Crippen molar-refractivity contribution in [3.8, 4) is 11.1 Å². The minimum Gasteiger partial charge on any atom is -0.390 e. The molecule has 1 N–H and O–H groups in total. The van der Waals surface area contributed by atoms with Gasteiger partial charge < -0.3 is 14.7 Å². The molecule has 0 saturated carbocycles. The molecule has 0 aliphatic carbocycles. The second-order valence-electron chi connectivity index (χ2n) is 6.38. The third-order valence-corrected chi connectivity index (χ3v) is 4.42. The van der Waals surface area contributed by atoms with Crippen LogP contribution in [0, 0.1) is 0 Å². The Balaban J connectivity index is 1.29. The number of rotatable bonds is 6. The number of carbonyl (C=O) groups excluding carboxylic acids is 1. The molecule has 0 spiro atoms. The van der Waals surface area contributed by atoms with E-state index in [-0.39, 0.29) is 18.4 Å². The Morgan fingerprint density at radius 3 is 2.48 bits per heavy atom. The lowest BCUT2D eigenvalue weighted by Crippen LogP contribution is -2.33. The summed E-state index contributed by atoms with van der Waals surface area (Å²) in [4.78, 5) is 17.4. The van der Waals surface area contributed by atoms with Crippen LogP contribution >= 0.6 is 0 Å². The van der Waals surface area contributed by atoms with Crippen molar-refractivity contribution in [2.45, 2.75) is 18.9 Å². The van der Waals surface area contributed by atoms with Gasteiger partial charge in [0.2, 0.25) is 5.91 Å². The molecule has 1 atom stereocenters. The summed E-state index contributed by atoms with van der Waals surface area (Å²) in [6.45, 7) is 0.409. The second-order valence-corrected chi connectivity index (χ2v) is 6.38. The first-order valence-electron chi connectivity index (χ1n) is 8.82. The molecule has 1 aliphatic rings. The molecule has 1 amide bonds. The molecule has 27 heavy (non-hydrogen) atoms. The third-order valence-electron chi connectivity index (χ3n) is 4.42. The topological polar surface area (TPSA) is 76.7 Å². The van der Waals surface area contributed by atoms with E-state index in [2.05, 4.69) is 52.0 Å². The molecule has 4 rings (SSSR count). The summed E-state index contributed by atoms with van der Waals surface area (Å²) < 4.78 is 4.72. The quantitative estimate of drug-likeness (QED) is 0.731. The van der Waals surface area contributed by atoms with Crippen LogP contribution in [-0.2, 0) is 16.1 Å². The number of amides is 1. The Labute approximate surface area is 156 Å². The van der Waals surface area contributed by atoms with Crippen LogP contribution in [0.25, 0.3) is 11.1 Å². The summed E-state index contributed by atoms with van der Waals surface area (Å²) in [6.07, 6.45) is 2.15. The predicted octanol–water partition coefficient (Wildman–Crippen LogP) is 3.19. The van der Waals surface area contributed by atoms with Gasteiger partial charge in [0.15, 0.2) is 0 Å². The first-order valence-corrected chi connectivity index (χ1v) is 8.82. The maximum atomic E-state index is 11.9. The van der Waals surface area contributed by atoms with Crippen LogP contribution in [0.4, 0.5) is 0 Å². The number of nitrogens with zero attached hydrogens (tertiary/aromatic N) is 2. The first-order chi connectivity index (χ1) is 13.3. The van der Waals surface area contributed by atoms with Crippen molar-refractivity contribution in [2.24, 2.45) is 5.16 Å². The Morgan fingerprint density at radius 2 is 1.74 bits per heavy atom. The van der Waals surface area contributed by atoms with Crippen LogP contribution < -0.4 is 5.32 Å². The van der Waals surface area contributed by atoms with Crippen LogP contribution in [-0.4, -0.2) is 29.4 Å². The summed E-state index contributed by atoms with van der Waals surface area (Å²) in [5.41, 5.74) is 4.88. The van der Waals surface area contributed by atoms with E-state index in [9.17, 15) is 4.79 Å². The van der Waals surface area contributed by atoms with E-state index in [0.29, 0.717) is 18.7 Å². The number of nitrogens with one attached hydrogen (secondary N) is 1. The summed E-state index contributed by atoms with van der Waals surface area (Å²) in [5, 5.41) is 10.8. The second kappa shape index (κ2) is 7.86. The molecule has 1 aliphatic heterocycles. The van der Waals surface area contributed by atoms with E-state index in [1.807, 2.05) is 18.2 Å². The van der Waals surface area contributed by atoms with E-state index in [1.54, 1.807) is 6.07 Å². The summed E-state index contributed by atoms with van der Waals surface area (Å²) in [7, 11) is 0. The van der Waals surface area contributed by atoms with E-state index in [1.165, 1.54) is 11.8 Å². The van der Waals surface area contributed by atoms with Gasteiger partial charge in [-0.05, 0) is 16.7 Å². The van der Waals surface area contributed by atoms with Crippen molar-refractivity contribution in [1.29, 1.82) is 0 Å². The van der Waals surface area contributed by atoms with Gasteiger partial charge in [-0.3, -0.25) is 4.79 Å². The predicted molar refractivity (Wildman–Crippen MR) is 101 cm³/mol. The maximum absolute atomic E-state index is 11.9. The molecule has 0 radical (unpaired) electrons. The zero-order valence-corrected chi connectivity index (χ0v) is 14.7. The Kier molecular flexibility index (Phi) is 4.96. The van der Waals surface area contributed by atoms with Crippen molar-refractivity contribution in [2.75, 3.05) is 6.54 Å². The number of hydrogen-bond donors (Lipinski definition) is 1. The van der Waals surface area contributed by atoms with E-state index < -0.39 is 0 Å². The summed E-state index contributed by atoms with van der Waals surface area (Å²) in [5.74, 6) is -0.117. The molecule has 0 saturated heterocycles. The molecular formula is C21H19N3O3. The molecule has 1 unspecified atom stereocenters. The zero-order chi connectivity index (χ0) is 18.5. The largest absolute Gasteiger partial charge is 0.390 e. The average Bonchev–Trinajstić information content (AvgIpc) is 3.39. The van der Waals surface area contributed by atoms with Gasteiger partial charge in [-0.1, -0.05) is 64.9 Å². The van der Waals surface area contributed by atoms with Crippen LogP contribution in [0.2, 0.25) is 0 Å². The Bertz CT molecular complexity index is 919. The minimum absolute atomic E-state index is 0.117. The number of aromatic nitrogens is 1. The summed E-state index contributed by atoms with van der Waals surface area (Å²) >= 11 is 0. The average molecular weight is 361 g/mol. The van der Waals surface area contributed by atoms with Crippen molar-refractivity contribution >= 4 is 11.6 Å². The molecule has 2 heterocycles. The standard InChI is InChI=1S/C21H19N3O3/c25-21(12-18-10-11-26-23-18)22-14-19-13-20(24-27-19)17-8-6-16(7-9-17)15-4-2-1-3-5-15/h1-11,19H,12-14H2,(H,22,25). The smallest absolute Gasteiger partial charge is 0.226 e. The lowest BCUT2D eigenvalue weighted by Gasteiger charge is -2.09. The van der Waals surface area contributed by atoms with Gasteiger partial charge in [0.1, 0.15) is 12.4 Å².